The third-order valence-corrected chi connectivity index (χ3v) is 4.55. The topological polar surface area (TPSA) is 114 Å². The number of ether oxygens (including phenoxy) is 2. The summed E-state index contributed by atoms with van der Waals surface area (Å²) < 4.78 is 13.9. The van der Waals surface area contributed by atoms with Gasteiger partial charge in [-0.15, -0.1) is 0 Å². The van der Waals surface area contributed by atoms with Crippen LogP contribution in [-0.4, -0.2) is 44.2 Å². The molecule has 2 heterocycles. The molecule has 0 spiro atoms. The van der Waals surface area contributed by atoms with Crippen molar-refractivity contribution >= 4 is 22.9 Å². The lowest BCUT2D eigenvalue weighted by Gasteiger charge is -2.09. The van der Waals surface area contributed by atoms with Crippen molar-refractivity contribution in [2.45, 2.75) is 13.0 Å². The van der Waals surface area contributed by atoms with Crippen molar-refractivity contribution in [3.05, 3.63) is 57.0 Å². The van der Waals surface area contributed by atoms with Gasteiger partial charge in [-0.2, -0.15) is 0 Å². The standard InChI is InChI=1S/C19H20N4O6/c1-21-17-16(18(26)22(2)19(21)27)23(11-20-17)9-8-15(25)29-10-13(24)12-6-4-5-7-14(12)28-3/h4-7,11H,8-10H2,1-3H3. The second kappa shape index (κ2) is 8.13. The van der Waals surface area contributed by atoms with Crippen LogP contribution in [0.25, 0.3) is 11.2 Å². The van der Waals surface area contributed by atoms with E-state index in [9.17, 15) is 19.2 Å². The Labute approximate surface area is 164 Å². The fraction of sp³-hybridized carbons (Fsp3) is 0.316. The summed E-state index contributed by atoms with van der Waals surface area (Å²) in [7, 11) is 4.34. The number of esters is 1. The van der Waals surface area contributed by atoms with E-state index in [0.717, 1.165) is 4.57 Å². The number of carbonyl (C=O) groups is 2. The van der Waals surface area contributed by atoms with Gasteiger partial charge in [0.1, 0.15) is 5.75 Å². The molecule has 0 saturated carbocycles. The summed E-state index contributed by atoms with van der Waals surface area (Å²) in [6.45, 7) is -0.300. The summed E-state index contributed by atoms with van der Waals surface area (Å²) in [6.07, 6.45) is 1.31. The van der Waals surface area contributed by atoms with Gasteiger partial charge in [0.15, 0.2) is 17.8 Å². The smallest absolute Gasteiger partial charge is 0.332 e. The predicted octanol–water partition coefficient (Wildman–Crippen LogP) is 0.258. The first-order chi connectivity index (χ1) is 13.8. The Morgan fingerprint density at radius 2 is 1.83 bits per heavy atom. The molecule has 0 atom stereocenters. The normalized spacial score (nSPS) is 10.9. The Bertz CT molecular complexity index is 1200. The fourth-order valence-corrected chi connectivity index (χ4v) is 2.95. The zero-order valence-corrected chi connectivity index (χ0v) is 16.2. The van der Waals surface area contributed by atoms with Gasteiger partial charge in [-0.25, -0.2) is 9.78 Å². The minimum absolute atomic E-state index is 0.0728. The quantitative estimate of drug-likeness (QED) is 0.413. The number of Topliss-reactive ketones (excluding diaryl/α,β-unsaturated/α-hetero) is 1. The van der Waals surface area contributed by atoms with Crippen LogP contribution in [0.15, 0.2) is 40.2 Å². The average molecular weight is 400 g/mol. The monoisotopic (exact) mass is 400 g/mol. The molecule has 3 rings (SSSR count). The Morgan fingerprint density at radius 1 is 1.10 bits per heavy atom. The number of fused-ring (bicyclic) bond motifs is 1. The molecule has 2 aromatic heterocycles. The van der Waals surface area contributed by atoms with Crippen LogP contribution in [0, 0.1) is 0 Å². The largest absolute Gasteiger partial charge is 0.496 e. The molecule has 0 radical (unpaired) electrons. The Morgan fingerprint density at radius 3 is 2.55 bits per heavy atom. The highest BCUT2D eigenvalue weighted by Crippen LogP contribution is 2.17. The Balaban J connectivity index is 1.67. The molecule has 0 unspecified atom stereocenters. The third kappa shape index (κ3) is 3.82. The van der Waals surface area contributed by atoms with Crippen LogP contribution < -0.4 is 16.0 Å². The van der Waals surface area contributed by atoms with Crippen molar-refractivity contribution < 1.29 is 19.1 Å². The van der Waals surface area contributed by atoms with E-state index < -0.39 is 23.8 Å². The number of aryl methyl sites for hydroxylation is 2. The first-order valence-electron chi connectivity index (χ1n) is 8.77. The van der Waals surface area contributed by atoms with Crippen molar-refractivity contribution in [2.24, 2.45) is 14.1 Å². The molecule has 0 saturated heterocycles. The van der Waals surface area contributed by atoms with Crippen LogP contribution >= 0.6 is 0 Å². The minimum Gasteiger partial charge on any atom is -0.496 e. The molecule has 0 N–H and O–H groups in total. The molecule has 0 amide bonds. The lowest BCUT2D eigenvalue weighted by atomic mass is 10.1. The van der Waals surface area contributed by atoms with E-state index in [2.05, 4.69) is 4.98 Å². The van der Waals surface area contributed by atoms with E-state index in [0.29, 0.717) is 11.3 Å². The molecule has 152 valence electrons. The lowest BCUT2D eigenvalue weighted by molar-refractivity contribution is -0.142. The number of hydrogen-bond donors (Lipinski definition) is 0. The first-order valence-corrected chi connectivity index (χ1v) is 8.77. The number of ketones is 1. The highest BCUT2D eigenvalue weighted by Gasteiger charge is 2.17. The van der Waals surface area contributed by atoms with Crippen molar-refractivity contribution in [3.8, 4) is 5.75 Å². The van der Waals surface area contributed by atoms with Crippen molar-refractivity contribution in [2.75, 3.05) is 13.7 Å². The molecule has 0 aliphatic rings. The lowest BCUT2D eigenvalue weighted by Crippen LogP contribution is -2.37. The van der Waals surface area contributed by atoms with Crippen LogP contribution in [0.1, 0.15) is 16.8 Å². The van der Waals surface area contributed by atoms with Gasteiger partial charge in [0.25, 0.3) is 5.56 Å². The van der Waals surface area contributed by atoms with Gasteiger partial charge in [-0.3, -0.25) is 23.5 Å². The molecule has 1 aromatic carbocycles. The summed E-state index contributed by atoms with van der Waals surface area (Å²) in [6, 6.07) is 6.66. The van der Waals surface area contributed by atoms with Crippen molar-refractivity contribution in [1.82, 2.24) is 18.7 Å². The van der Waals surface area contributed by atoms with E-state index in [1.807, 2.05) is 0 Å². The van der Waals surface area contributed by atoms with Gasteiger partial charge in [0.2, 0.25) is 5.78 Å². The molecule has 3 aromatic rings. The molecule has 0 fully saturated rings. The predicted molar refractivity (Wildman–Crippen MR) is 103 cm³/mol. The second-order valence-electron chi connectivity index (χ2n) is 6.35. The average Bonchev–Trinajstić information content (AvgIpc) is 3.17. The second-order valence-corrected chi connectivity index (χ2v) is 6.35. The number of carbonyl (C=O) groups excluding carboxylic acids is 2. The van der Waals surface area contributed by atoms with E-state index in [4.69, 9.17) is 9.47 Å². The highest BCUT2D eigenvalue weighted by molar-refractivity contribution is 6.00. The number of hydrogen-bond acceptors (Lipinski definition) is 7. The maximum atomic E-state index is 12.4. The van der Waals surface area contributed by atoms with E-state index in [-0.39, 0.29) is 29.9 Å². The molecule has 0 aliphatic carbocycles. The van der Waals surface area contributed by atoms with Gasteiger partial charge in [-0.05, 0) is 12.1 Å². The first kappa shape index (κ1) is 20.1. The van der Waals surface area contributed by atoms with Gasteiger partial charge >= 0.3 is 11.7 Å². The summed E-state index contributed by atoms with van der Waals surface area (Å²) in [5, 5.41) is 0. The Hall–Kier alpha value is -3.69. The van der Waals surface area contributed by atoms with Crippen LogP contribution in [0.4, 0.5) is 0 Å². The van der Waals surface area contributed by atoms with E-state index >= 15 is 0 Å². The van der Waals surface area contributed by atoms with Gasteiger partial charge < -0.3 is 14.0 Å². The number of rotatable bonds is 7. The number of para-hydroxylation sites is 1. The number of benzene rings is 1. The minimum atomic E-state index is -0.600. The summed E-state index contributed by atoms with van der Waals surface area (Å²) in [5.74, 6) is -0.579. The van der Waals surface area contributed by atoms with Crippen LogP contribution in [0.5, 0.6) is 5.75 Å². The molecule has 0 bridgehead atoms. The van der Waals surface area contributed by atoms with Gasteiger partial charge in [0, 0.05) is 20.6 Å². The number of imidazole rings is 1. The number of methoxy groups -OCH3 is 1. The van der Waals surface area contributed by atoms with Crippen LogP contribution in [-0.2, 0) is 30.2 Å². The molecule has 10 nitrogen and oxygen atoms in total. The third-order valence-electron chi connectivity index (χ3n) is 4.55. The summed E-state index contributed by atoms with van der Waals surface area (Å²) in [5.41, 5.74) is -0.208. The van der Waals surface area contributed by atoms with E-state index in [1.165, 1.54) is 36.7 Å². The molecular weight excluding hydrogens is 380 g/mol. The van der Waals surface area contributed by atoms with Crippen LogP contribution in [0.3, 0.4) is 0 Å². The van der Waals surface area contributed by atoms with Crippen molar-refractivity contribution in [3.63, 3.8) is 0 Å². The summed E-state index contributed by atoms with van der Waals surface area (Å²) >= 11 is 0. The number of nitrogens with zero attached hydrogens (tertiary/aromatic N) is 4. The molecule has 10 heteroatoms. The zero-order valence-electron chi connectivity index (χ0n) is 16.2. The fourth-order valence-electron chi connectivity index (χ4n) is 2.95. The maximum Gasteiger partial charge on any atom is 0.332 e. The van der Waals surface area contributed by atoms with Crippen LogP contribution in [0.2, 0.25) is 0 Å². The van der Waals surface area contributed by atoms with Gasteiger partial charge in [-0.1, -0.05) is 12.1 Å². The SMILES string of the molecule is COc1ccccc1C(=O)COC(=O)CCn1cnc2c1c(=O)n(C)c(=O)n2C. The summed E-state index contributed by atoms with van der Waals surface area (Å²) in [4.78, 5) is 52.7. The molecule has 29 heavy (non-hydrogen) atoms. The van der Waals surface area contributed by atoms with Crippen molar-refractivity contribution in [1.29, 1.82) is 0 Å². The molecular formula is C19H20N4O6. The van der Waals surface area contributed by atoms with Gasteiger partial charge in [0.05, 0.1) is 25.4 Å². The Kier molecular flexibility index (Phi) is 5.62. The number of aromatic nitrogens is 4. The molecule has 0 aliphatic heterocycles. The highest BCUT2D eigenvalue weighted by atomic mass is 16.5. The maximum absolute atomic E-state index is 12.4. The van der Waals surface area contributed by atoms with E-state index in [1.54, 1.807) is 24.3 Å². The zero-order chi connectivity index (χ0) is 21.1.